The number of nitrogens with two attached hydrogens (primary N) is 1. The van der Waals surface area contributed by atoms with E-state index in [2.05, 4.69) is 11.4 Å². The number of hydrogen-bond acceptors (Lipinski definition) is 14. The van der Waals surface area contributed by atoms with Crippen LogP contribution in [-0.2, 0) is 37.9 Å². The lowest BCUT2D eigenvalue weighted by molar-refractivity contribution is -0.0724. The van der Waals surface area contributed by atoms with E-state index in [9.17, 15) is 14.4 Å². The lowest BCUT2D eigenvalue weighted by Gasteiger charge is -2.34. The van der Waals surface area contributed by atoms with E-state index in [4.69, 9.17) is 60.6 Å². The lowest BCUT2D eigenvalue weighted by atomic mass is 10.2. The fourth-order valence-corrected chi connectivity index (χ4v) is 4.68. The van der Waals surface area contributed by atoms with E-state index >= 15 is 0 Å². The summed E-state index contributed by atoms with van der Waals surface area (Å²) in [4.78, 5) is 43.1. The van der Waals surface area contributed by atoms with Gasteiger partial charge in [0.25, 0.3) is 0 Å². The largest absolute Gasteiger partial charge is 0.444 e. The number of aliphatic hydroxyl groups excluding tert-OH is 1. The van der Waals surface area contributed by atoms with Gasteiger partial charge in [-0.2, -0.15) is 5.26 Å². The van der Waals surface area contributed by atoms with Crippen LogP contribution in [0, 0.1) is 17.9 Å². The summed E-state index contributed by atoms with van der Waals surface area (Å²) in [6.45, 7) is 36.5. The molecule has 3 saturated heterocycles. The molecule has 0 aromatic rings. The number of amides is 3. The Morgan fingerprint density at radius 3 is 1.42 bits per heavy atom. The highest BCUT2D eigenvalue weighted by atomic mass is 16.6. The third-order valence-corrected chi connectivity index (χ3v) is 7.12. The molecule has 3 heterocycles. The molecular formula is C41H78N6O12. The molecule has 59 heavy (non-hydrogen) atoms. The molecule has 0 aromatic carbocycles. The van der Waals surface area contributed by atoms with Gasteiger partial charge in [-0.05, 0) is 75.3 Å². The first-order valence-electron chi connectivity index (χ1n) is 20.3. The molecule has 0 aliphatic carbocycles. The first-order chi connectivity index (χ1) is 27.7. The number of morpholine rings is 3. The van der Waals surface area contributed by atoms with Crippen LogP contribution in [0.3, 0.4) is 0 Å². The van der Waals surface area contributed by atoms with Crippen LogP contribution >= 0.6 is 0 Å². The number of carbonyl (C=O) groups excluding carboxylic acids is 3. The second-order valence-electron chi connectivity index (χ2n) is 16.0. The minimum Gasteiger partial charge on any atom is -0.444 e. The van der Waals surface area contributed by atoms with Crippen LogP contribution in [0.25, 0.3) is 4.85 Å². The predicted octanol–water partition coefficient (Wildman–Crippen LogP) is 5.48. The Hall–Kier alpha value is -3.75. The van der Waals surface area contributed by atoms with Crippen LogP contribution in [0.1, 0.15) is 90.4 Å². The Bertz CT molecular complexity index is 1250. The van der Waals surface area contributed by atoms with Gasteiger partial charge >= 0.3 is 18.3 Å². The second kappa shape index (κ2) is 32.1. The summed E-state index contributed by atoms with van der Waals surface area (Å²) in [5.41, 5.74) is 3.94. The van der Waals surface area contributed by atoms with Gasteiger partial charge < -0.3 is 63.4 Å². The van der Waals surface area contributed by atoms with Crippen molar-refractivity contribution in [1.82, 2.24) is 14.7 Å². The highest BCUT2D eigenvalue weighted by Gasteiger charge is 2.30. The Morgan fingerprint density at radius 2 is 1.12 bits per heavy atom. The van der Waals surface area contributed by atoms with Gasteiger partial charge in [-0.1, -0.05) is 13.8 Å². The summed E-state index contributed by atoms with van der Waals surface area (Å²) in [5.74, 6) is 0. The number of carbonyl (C=O) groups is 3. The minimum atomic E-state index is -0.492. The summed E-state index contributed by atoms with van der Waals surface area (Å²) in [6.07, 6.45) is 0.889. The molecule has 0 radical (unpaired) electrons. The molecule has 18 nitrogen and oxygen atoms in total. The van der Waals surface area contributed by atoms with E-state index in [0.29, 0.717) is 98.5 Å². The smallest absolute Gasteiger partial charge is 0.410 e. The van der Waals surface area contributed by atoms with Crippen molar-refractivity contribution in [2.75, 3.05) is 98.7 Å². The molecule has 3 amide bonds. The molecule has 3 aliphatic rings. The Kier molecular flexibility index (Phi) is 31.2. The van der Waals surface area contributed by atoms with Gasteiger partial charge in [0.05, 0.1) is 103 Å². The Balaban J connectivity index is -0.000000759. The maximum absolute atomic E-state index is 11.9. The van der Waals surface area contributed by atoms with Crippen molar-refractivity contribution in [3.63, 3.8) is 0 Å². The normalized spacial score (nSPS) is 19.1. The summed E-state index contributed by atoms with van der Waals surface area (Å²) in [6, 6.07) is 2.01. The number of aliphatic hydroxyl groups is 1. The molecule has 3 rings (SSSR count). The van der Waals surface area contributed by atoms with Crippen molar-refractivity contribution in [3.05, 3.63) is 24.2 Å². The standard InChI is InChI=1S/C13H26N2O4.C13H22N2O4.C10H19NO4.C3H3N.C2H6.H2/c2*1-13(2,3)19-12(16)15-6-8-18-11(9-15)10-17-7-4-5-14;1-10(2,3)15-9(13)11-4-5-14-8(6-11)7-12;1-3-4-2;1-2;/h11H,4-10,14H2,1-3H3;11H,4,6-10H2,1-3H3;8,12H,4-7H2,1-3H3;3H,1H2;1-2H3;1H/t2*11-;8-;;;/m111.../s1. The number of hydrogen-bond donors (Lipinski definition) is 2. The summed E-state index contributed by atoms with van der Waals surface area (Å²) in [5, 5.41) is 17.3. The molecule has 0 saturated carbocycles. The summed E-state index contributed by atoms with van der Waals surface area (Å²) >= 11 is 0. The second-order valence-corrected chi connectivity index (χ2v) is 16.0. The fourth-order valence-electron chi connectivity index (χ4n) is 4.68. The molecule has 0 aromatic heterocycles. The van der Waals surface area contributed by atoms with Crippen molar-refractivity contribution >= 4 is 18.3 Å². The van der Waals surface area contributed by atoms with E-state index in [1.54, 1.807) is 14.7 Å². The third kappa shape index (κ3) is 31.8. The molecule has 344 valence electrons. The van der Waals surface area contributed by atoms with Crippen LogP contribution in [0.15, 0.2) is 12.8 Å². The topological polar surface area (TPSA) is 209 Å². The van der Waals surface area contributed by atoms with E-state index < -0.39 is 16.8 Å². The van der Waals surface area contributed by atoms with Crippen molar-refractivity contribution in [1.29, 1.82) is 5.26 Å². The maximum Gasteiger partial charge on any atom is 0.410 e. The molecule has 3 fully saturated rings. The van der Waals surface area contributed by atoms with Crippen LogP contribution in [0.4, 0.5) is 14.4 Å². The zero-order valence-electron chi connectivity index (χ0n) is 37.8. The van der Waals surface area contributed by atoms with Crippen LogP contribution in [0.5, 0.6) is 0 Å². The zero-order valence-corrected chi connectivity index (χ0v) is 37.8. The highest BCUT2D eigenvalue weighted by molar-refractivity contribution is 5.69. The first-order valence-corrected chi connectivity index (χ1v) is 20.3. The third-order valence-electron chi connectivity index (χ3n) is 7.12. The number of rotatable bonds is 10. The van der Waals surface area contributed by atoms with Crippen molar-refractivity contribution in [2.24, 2.45) is 5.73 Å². The van der Waals surface area contributed by atoms with Crippen molar-refractivity contribution < 1.29 is 58.8 Å². The molecule has 3 atom stereocenters. The Labute approximate surface area is 355 Å². The molecule has 3 N–H and O–H groups in total. The predicted molar refractivity (Wildman–Crippen MR) is 226 cm³/mol. The van der Waals surface area contributed by atoms with Gasteiger partial charge in [0.2, 0.25) is 0 Å². The molecule has 0 spiro atoms. The van der Waals surface area contributed by atoms with Gasteiger partial charge in [-0.15, -0.1) is 6.58 Å². The minimum absolute atomic E-state index is 0. The SMILES string of the molecule is CC.CC(C)(C)OC(=O)N1CCO[C@@H](CO)C1.CC(C)(C)OC(=O)N1CCO[C@@H](COCCC#N)C1.CC(C)(C)OC(=O)N1CCO[C@@H](COCCCN)C1.[C-]#[N+]C=C.[HH]. The van der Waals surface area contributed by atoms with E-state index in [-0.39, 0.29) is 44.6 Å². The molecular weight excluding hydrogens is 768 g/mol. The average molecular weight is 847 g/mol. The van der Waals surface area contributed by atoms with Gasteiger partial charge in [-0.25, -0.2) is 19.2 Å². The lowest BCUT2D eigenvalue weighted by Crippen LogP contribution is -2.48. The molecule has 18 heteroatoms. The quantitative estimate of drug-likeness (QED) is 0.159. The monoisotopic (exact) mass is 847 g/mol. The highest BCUT2D eigenvalue weighted by Crippen LogP contribution is 2.16. The number of ether oxygens (including phenoxy) is 8. The summed E-state index contributed by atoms with van der Waals surface area (Å²) < 4.78 is 43.0. The van der Waals surface area contributed by atoms with Crippen molar-refractivity contribution in [2.45, 2.75) is 124 Å². The number of nitriles is 1. The average Bonchev–Trinajstić information content (AvgIpc) is 3.18. The number of nitrogens with zero attached hydrogens (tertiary/aromatic N) is 5. The zero-order chi connectivity index (χ0) is 45.5. The van der Waals surface area contributed by atoms with E-state index in [1.165, 1.54) is 6.20 Å². The van der Waals surface area contributed by atoms with Crippen LogP contribution < -0.4 is 5.73 Å². The van der Waals surface area contributed by atoms with Gasteiger partial charge in [0, 0.05) is 27.7 Å². The van der Waals surface area contributed by atoms with Gasteiger partial charge in [0.15, 0.2) is 0 Å². The van der Waals surface area contributed by atoms with Crippen molar-refractivity contribution in [3.8, 4) is 6.07 Å². The fraction of sp³-hybridized carbons (Fsp3) is 0.829. The van der Waals surface area contributed by atoms with E-state index in [1.807, 2.05) is 82.2 Å². The van der Waals surface area contributed by atoms with Gasteiger partial charge in [0.1, 0.15) is 23.0 Å². The maximum atomic E-state index is 11.9. The molecule has 3 aliphatic heterocycles. The van der Waals surface area contributed by atoms with Crippen LogP contribution in [0.2, 0.25) is 0 Å². The van der Waals surface area contributed by atoms with Gasteiger partial charge in [-0.3, -0.25) is 0 Å². The summed E-state index contributed by atoms with van der Waals surface area (Å²) in [7, 11) is 0. The van der Waals surface area contributed by atoms with Crippen LogP contribution in [-0.4, -0.2) is 172 Å². The first kappa shape index (κ1) is 57.3. The molecule has 0 unspecified atom stereocenters. The molecule has 0 bridgehead atoms. The Morgan fingerprint density at radius 1 is 0.780 bits per heavy atom. The van der Waals surface area contributed by atoms with E-state index in [0.717, 1.165) is 6.42 Å².